The van der Waals surface area contributed by atoms with E-state index in [1.54, 1.807) is 54.6 Å². The molecule has 0 heterocycles. The predicted molar refractivity (Wildman–Crippen MR) is 128 cm³/mol. The fourth-order valence-electron chi connectivity index (χ4n) is 2.75. The van der Waals surface area contributed by atoms with E-state index in [-0.39, 0.29) is 22.0 Å². The second-order valence-electron chi connectivity index (χ2n) is 6.75. The van der Waals surface area contributed by atoms with Gasteiger partial charge in [-0.15, -0.1) is 11.8 Å². The zero-order chi connectivity index (χ0) is 23.8. The number of hydrogen-bond donors (Lipinski definition) is 3. The third-order valence-electron chi connectivity index (χ3n) is 4.29. The lowest BCUT2D eigenvalue weighted by Crippen LogP contribution is -2.30. The number of benzene rings is 3. The van der Waals surface area contributed by atoms with Crippen LogP contribution in [-0.2, 0) is 9.59 Å². The summed E-state index contributed by atoms with van der Waals surface area (Å²) in [4.78, 5) is 37.4. The summed E-state index contributed by atoms with van der Waals surface area (Å²) < 4.78 is 14.4. The number of anilines is 1. The van der Waals surface area contributed by atoms with Crippen molar-refractivity contribution in [1.82, 2.24) is 5.32 Å². The second kappa shape index (κ2) is 11.3. The Kier molecular flexibility index (Phi) is 8.23. The molecule has 168 valence electrons. The molecule has 3 aromatic carbocycles. The van der Waals surface area contributed by atoms with Gasteiger partial charge in [0.15, 0.2) is 0 Å². The van der Waals surface area contributed by atoms with Gasteiger partial charge in [0.2, 0.25) is 5.91 Å². The number of carbonyl (C=O) groups is 3. The topological polar surface area (TPSA) is 101 Å². The third kappa shape index (κ3) is 6.93. The molecule has 6 nitrogen and oxygen atoms in total. The van der Waals surface area contributed by atoms with Crippen LogP contribution in [0.25, 0.3) is 6.08 Å². The first-order chi connectivity index (χ1) is 15.8. The van der Waals surface area contributed by atoms with Crippen molar-refractivity contribution in [3.8, 4) is 0 Å². The molecule has 3 amide bonds. The molecule has 3 rings (SSSR count). The van der Waals surface area contributed by atoms with Crippen molar-refractivity contribution >= 4 is 52.8 Å². The van der Waals surface area contributed by atoms with E-state index in [4.69, 9.17) is 17.3 Å². The van der Waals surface area contributed by atoms with Gasteiger partial charge < -0.3 is 16.4 Å². The van der Waals surface area contributed by atoms with Crippen LogP contribution in [0.2, 0.25) is 5.02 Å². The average Bonchev–Trinajstić information content (AvgIpc) is 2.80. The highest BCUT2D eigenvalue weighted by atomic mass is 35.5. The maximum atomic E-state index is 14.4. The van der Waals surface area contributed by atoms with E-state index in [2.05, 4.69) is 10.6 Å². The first-order valence-corrected chi connectivity index (χ1v) is 11.0. The Bertz CT molecular complexity index is 1200. The van der Waals surface area contributed by atoms with Gasteiger partial charge in [0.05, 0.1) is 10.8 Å². The number of halogens is 2. The highest BCUT2D eigenvalue weighted by Crippen LogP contribution is 2.24. The summed E-state index contributed by atoms with van der Waals surface area (Å²) in [6.07, 6.45) is 1.18. The molecule has 0 aliphatic heterocycles. The largest absolute Gasteiger partial charge is 0.369 e. The summed E-state index contributed by atoms with van der Waals surface area (Å²) in [5.41, 5.74) is 5.66. The summed E-state index contributed by atoms with van der Waals surface area (Å²) in [5, 5.41) is 5.28. The molecular weight excluding hydrogens is 465 g/mol. The third-order valence-corrected chi connectivity index (χ3v) is 5.64. The zero-order valence-electron chi connectivity index (χ0n) is 17.2. The standard InChI is InChI=1S/C24H19ClFN3O3S/c25-19-10-5-11-20(26)18(19)13-21(29-23(31)15-6-2-1-3-7-15)24(32)28-16-8-4-9-17(12-16)33-14-22(27)30/h1-13H,14H2,(H2,27,30)(H,28,32)(H,29,31)/b21-13-. The van der Waals surface area contributed by atoms with Gasteiger partial charge in [-0.05, 0) is 48.5 Å². The van der Waals surface area contributed by atoms with Crippen molar-refractivity contribution in [2.45, 2.75) is 4.90 Å². The van der Waals surface area contributed by atoms with Crippen LogP contribution in [0.15, 0.2) is 83.4 Å². The fourth-order valence-corrected chi connectivity index (χ4v) is 3.66. The van der Waals surface area contributed by atoms with Crippen LogP contribution < -0.4 is 16.4 Å². The molecule has 0 saturated heterocycles. The van der Waals surface area contributed by atoms with Gasteiger partial charge in [0, 0.05) is 21.7 Å². The summed E-state index contributed by atoms with van der Waals surface area (Å²) in [7, 11) is 0. The molecule has 4 N–H and O–H groups in total. The van der Waals surface area contributed by atoms with Crippen LogP contribution in [0, 0.1) is 5.82 Å². The highest BCUT2D eigenvalue weighted by molar-refractivity contribution is 8.00. The first kappa shape index (κ1) is 24.0. The minimum atomic E-state index is -0.685. The smallest absolute Gasteiger partial charge is 0.272 e. The Hall–Kier alpha value is -3.62. The van der Waals surface area contributed by atoms with E-state index in [1.165, 1.54) is 36.0 Å². The van der Waals surface area contributed by atoms with E-state index in [9.17, 15) is 18.8 Å². The number of thioether (sulfide) groups is 1. The SMILES string of the molecule is NC(=O)CSc1cccc(NC(=O)/C(=C/c2c(F)cccc2Cl)NC(=O)c2ccccc2)c1. The monoisotopic (exact) mass is 483 g/mol. The van der Waals surface area contributed by atoms with E-state index < -0.39 is 23.5 Å². The summed E-state index contributed by atoms with van der Waals surface area (Å²) >= 11 is 7.32. The van der Waals surface area contributed by atoms with E-state index >= 15 is 0 Å². The average molecular weight is 484 g/mol. The van der Waals surface area contributed by atoms with Crippen molar-refractivity contribution in [2.24, 2.45) is 5.73 Å². The van der Waals surface area contributed by atoms with Crippen molar-refractivity contribution in [3.63, 3.8) is 0 Å². The Balaban J connectivity index is 1.89. The van der Waals surface area contributed by atoms with Crippen molar-refractivity contribution in [3.05, 3.63) is 100 Å². The van der Waals surface area contributed by atoms with Crippen LogP contribution in [0.5, 0.6) is 0 Å². The van der Waals surface area contributed by atoms with E-state index in [0.29, 0.717) is 16.1 Å². The van der Waals surface area contributed by atoms with Gasteiger partial charge >= 0.3 is 0 Å². The molecule has 0 fully saturated rings. The number of carbonyl (C=O) groups excluding carboxylic acids is 3. The van der Waals surface area contributed by atoms with Gasteiger partial charge in [-0.25, -0.2) is 4.39 Å². The summed E-state index contributed by atoms with van der Waals surface area (Å²) in [6.45, 7) is 0. The highest BCUT2D eigenvalue weighted by Gasteiger charge is 2.17. The van der Waals surface area contributed by atoms with Crippen LogP contribution in [0.1, 0.15) is 15.9 Å². The molecule has 0 spiro atoms. The Morgan fingerprint density at radius 1 is 1.00 bits per heavy atom. The molecular formula is C24H19ClFN3O3S. The lowest BCUT2D eigenvalue weighted by molar-refractivity contribution is -0.115. The lowest BCUT2D eigenvalue weighted by Gasteiger charge is -2.13. The lowest BCUT2D eigenvalue weighted by atomic mass is 10.1. The number of nitrogens with one attached hydrogen (secondary N) is 2. The maximum Gasteiger partial charge on any atom is 0.272 e. The normalized spacial score (nSPS) is 11.0. The molecule has 0 unspecified atom stereocenters. The maximum absolute atomic E-state index is 14.4. The zero-order valence-corrected chi connectivity index (χ0v) is 18.8. The molecule has 0 atom stereocenters. The number of nitrogens with two attached hydrogens (primary N) is 1. The van der Waals surface area contributed by atoms with Gasteiger partial charge in [0.25, 0.3) is 11.8 Å². The molecule has 9 heteroatoms. The fraction of sp³-hybridized carbons (Fsp3) is 0.0417. The van der Waals surface area contributed by atoms with Crippen LogP contribution in [-0.4, -0.2) is 23.5 Å². The van der Waals surface area contributed by atoms with Crippen LogP contribution >= 0.6 is 23.4 Å². The van der Waals surface area contributed by atoms with Crippen LogP contribution in [0.4, 0.5) is 10.1 Å². The van der Waals surface area contributed by atoms with Gasteiger partial charge in [-0.2, -0.15) is 0 Å². The number of amides is 3. The van der Waals surface area contributed by atoms with E-state index in [1.807, 2.05) is 0 Å². The molecule has 0 saturated carbocycles. The van der Waals surface area contributed by atoms with Crippen molar-refractivity contribution in [2.75, 3.05) is 11.1 Å². The van der Waals surface area contributed by atoms with Gasteiger partial charge in [-0.1, -0.05) is 41.9 Å². The summed E-state index contributed by atoms with van der Waals surface area (Å²) in [6, 6.07) is 19.1. The van der Waals surface area contributed by atoms with E-state index in [0.717, 1.165) is 0 Å². The number of hydrogen-bond acceptors (Lipinski definition) is 4. The van der Waals surface area contributed by atoms with Crippen LogP contribution in [0.3, 0.4) is 0 Å². The summed E-state index contributed by atoms with van der Waals surface area (Å²) in [5.74, 6) is -2.26. The molecule has 3 aromatic rings. The molecule has 0 bridgehead atoms. The second-order valence-corrected chi connectivity index (χ2v) is 8.21. The van der Waals surface area contributed by atoms with Crippen molar-refractivity contribution in [1.29, 1.82) is 0 Å². The molecule has 0 aliphatic carbocycles. The molecule has 0 radical (unpaired) electrons. The number of primary amides is 1. The molecule has 33 heavy (non-hydrogen) atoms. The minimum Gasteiger partial charge on any atom is -0.369 e. The first-order valence-electron chi connectivity index (χ1n) is 9.68. The van der Waals surface area contributed by atoms with Crippen molar-refractivity contribution < 1.29 is 18.8 Å². The predicted octanol–water partition coefficient (Wildman–Crippen LogP) is 4.47. The Labute approximate surface area is 199 Å². The molecule has 0 aromatic heterocycles. The minimum absolute atomic E-state index is 0.0385. The van der Waals surface area contributed by atoms with Gasteiger partial charge in [0.1, 0.15) is 11.5 Å². The Morgan fingerprint density at radius 3 is 2.42 bits per heavy atom. The molecule has 0 aliphatic rings. The number of rotatable bonds is 8. The quantitative estimate of drug-likeness (QED) is 0.325. The Morgan fingerprint density at radius 2 is 1.73 bits per heavy atom. The van der Waals surface area contributed by atoms with Gasteiger partial charge in [-0.3, -0.25) is 14.4 Å².